The Morgan fingerprint density at radius 1 is 1.30 bits per heavy atom. The average Bonchev–Trinajstić information content (AvgIpc) is 2.88. The van der Waals surface area contributed by atoms with Gasteiger partial charge >= 0.3 is 6.18 Å². The fourth-order valence-corrected chi connectivity index (χ4v) is 3.05. The number of alkyl halides is 3. The molecule has 1 amide bonds. The van der Waals surface area contributed by atoms with E-state index in [1.807, 2.05) is 0 Å². The Morgan fingerprint density at radius 3 is 2.65 bits per heavy atom. The van der Waals surface area contributed by atoms with E-state index < -0.39 is 11.7 Å². The number of hydrogen-bond acceptors (Lipinski definition) is 3. The summed E-state index contributed by atoms with van der Waals surface area (Å²) in [5.41, 5.74) is 0.932. The lowest BCUT2D eigenvalue weighted by molar-refractivity contribution is -0.138. The summed E-state index contributed by atoms with van der Waals surface area (Å²) < 4.78 is 39.5. The van der Waals surface area contributed by atoms with Crippen LogP contribution in [0.15, 0.2) is 17.1 Å². The molecule has 1 fully saturated rings. The van der Waals surface area contributed by atoms with Crippen molar-refractivity contribution in [3.8, 4) is 0 Å². The number of hydrogen-bond donors (Lipinski definition) is 1. The first-order chi connectivity index (χ1) is 10.8. The zero-order valence-electron chi connectivity index (χ0n) is 12.8. The molecule has 2 aliphatic heterocycles. The van der Waals surface area contributed by atoms with Crippen molar-refractivity contribution in [1.82, 2.24) is 10.2 Å². The van der Waals surface area contributed by atoms with Crippen molar-refractivity contribution < 1.29 is 18.0 Å². The molecule has 1 saturated heterocycles. The second-order valence-electron chi connectivity index (χ2n) is 5.97. The van der Waals surface area contributed by atoms with Crippen LogP contribution in [0.4, 0.5) is 18.9 Å². The van der Waals surface area contributed by atoms with Crippen LogP contribution >= 0.6 is 0 Å². The minimum absolute atomic E-state index is 0.0664. The first-order valence-corrected chi connectivity index (χ1v) is 7.60. The number of fused-ring (bicyclic) bond motifs is 1. The molecular weight excluding hydrogens is 307 g/mol. The highest BCUT2D eigenvalue weighted by molar-refractivity contribution is 6.05. The van der Waals surface area contributed by atoms with Crippen LogP contribution in [0.2, 0.25) is 0 Å². The van der Waals surface area contributed by atoms with E-state index in [1.54, 1.807) is 17.9 Å². The van der Waals surface area contributed by atoms with Crippen molar-refractivity contribution in [1.29, 1.82) is 0 Å². The SMILES string of the molecule is Cc1cc2c(c(C(F)(F)F)c1)CC(CC(=O)N1CCNCC1)=N2. The van der Waals surface area contributed by atoms with Gasteiger partial charge in [-0.25, -0.2) is 0 Å². The number of amides is 1. The summed E-state index contributed by atoms with van der Waals surface area (Å²) in [6.07, 6.45) is -4.21. The number of nitrogens with zero attached hydrogens (tertiary/aromatic N) is 2. The van der Waals surface area contributed by atoms with Crippen LogP contribution in [-0.2, 0) is 17.4 Å². The van der Waals surface area contributed by atoms with E-state index in [-0.39, 0.29) is 24.3 Å². The smallest absolute Gasteiger partial charge is 0.340 e. The zero-order chi connectivity index (χ0) is 16.6. The molecule has 4 nitrogen and oxygen atoms in total. The third-order valence-electron chi connectivity index (χ3n) is 4.16. The molecule has 23 heavy (non-hydrogen) atoms. The van der Waals surface area contributed by atoms with Crippen LogP contribution in [0.5, 0.6) is 0 Å². The molecule has 0 saturated carbocycles. The molecule has 124 valence electrons. The molecule has 1 aromatic rings. The van der Waals surface area contributed by atoms with Crippen molar-refractivity contribution in [2.75, 3.05) is 26.2 Å². The van der Waals surface area contributed by atoms with E-state index in [9.17, 15) is 18.0 Å². The minimum atomic E-state index is -4.40. The molecule has 1 aromatic carbocycles. The molecule has 0 atom stereocenters. The Morgan fingerprint density at radius 2 is 2.00 bits per heavy atom. The van der Waals surface area contributed by atoms with Crippen molar-refractivity contribution in [3.05, 3.63) is 28.8 Å². The second kappa shape index (κ2) is 5.96. The third-order valence-corrected chi connectivity index (χ3v) is 4.16. The van der Waals surface area contributed by atoms with Crippen LogP contribution in [0.1, 0.15) is 23.1 Å². The van der Waals surface area contributed by atoms with Gasteiger partial charge in [0, 0.05) is 38.3 Å². The number of rotatable bonds is 2. The summed E-state index contributed by atoms with van der Waals surface area (Å²) in [7, 11) is 0. The molecule has 2 aliphatic rings. The van der Waals surface area contributed by atoms with Gasteiger partial charge in [0.15, 0.2) is 0 Å². The number of piperazine rings is 1. The second-order valence-corrected chi connectivity index (χ2v) is 5.97. The van der Waals surface area contributed by atoms with E-state index in [0.717, 1.165) is 19.2 Å². The summed E-state index contributed by atoms with van der Waals surface area (Å²) in [4.78, 5) is 18.3. The molecule has 0 aliphatic carbocycles. The number of nitrogens with one attached hydrogen (secondary N) is 1. The minimum Gasteiger partial charge on any atom is -0.340 e. The van der Waals surface area contributed by atoms with Gasteiger partial charge in [0.2, 0.25) is 5.91 Å². The monoisotopic (exact) mass is 325 g/mol. The fraction of sp³-hybridized carbons (Fsp3) is 0.500. The number of benzene rings is 1. The van der Waals surface area contributed by atoms with E-state index in [2.05, 4.69) is 10.3 Å². The highest BCUT2D eigenvalue weighted by Crippen LogP contribution is 2.40. The predicted octanol–water partition coefficient (Wildman–Crippen LogP) is 2.46. The molecule has 0 aromatic heterocycles. The first-order valence-electron chi connectivity index (χ1n) is 7.60. The summed E-state index contributed by atoms with van der Waals surface area (Å²) in [5, 5.41) is 3.16. The van der Waals surface area contributed by atoms with Gasteiger partial charge in [0.1, 0.15) is 0 Å². The fourth-order valence-electron chi connectivity index (χ4n) is 3.05. The molecular formula is C16H18F3N3O. The van der Waals surface area contributed by atoms with E-state index in [0.29, 0.717) is 30.1 Å². The first kappa shape index (κ1) is 16.0. The highest BCUT2D eigenvalue weighted by Gasteiger charge is 2.36. The van der Waals surface area contributed by atoms with Gasteiger partial charge < -0.3 is 10.2 Å². The maximum absolute atomic E-state index is 13.2. The third kappa shape index (κ3) is 3.39. The maximum Gasteiger partial charge on any atom is 0.416 e. The van der Waals surface area contributed by atoms with Crippen LogP contribution in [0.3, 0.4) is 0 Å². The molecule has 7 heteroatoms. The van der Waals surface area contributed by atoms with Gasteiger partial charge in [-0.3, -0.25) is 9.79 Å². The summed E-state index contributed by atoms with van der Waals surface area (Å²) in [6, 6.07) is 2.79. The Kier molecular flexibility index (Phi) is 4.14. The maximum atomic E-state index is 13.2. The number of aliphatic imine (C=N–C) groups is 1. The Labute approximate surface area is 132 Å². The van der Waals surface area contributed by atoms with Crippen molar-refractivity contribution in [2.45, 2.75) is 25.9 Å². The molecule has 0 radical (unpaired) electrons. The average molecular weight is 325 g/mol. The van der Waals surface area contributed by atoms with E-state index in [4.69, 9.17) is 0 Å². The summed E-state index contributed by atoms with van der Waals surface area (Å²) in [5.74, 6) is -0.0664. The number of aryl methyl sites for hydroxylation is 1. The topological polar surface area (TPSA) is 44.7 Å². The standard InChI is InChI=1S/C16H18F3N3O/c1-10-6-13(16(17,18)19)12-8-11(21-14(12)7-10)9-15(23)22-4-2-20-3-5-22/h6-7,20H,2-5,8-9H2,1H3. The molecule has 0 bridgehead atoms. The van der Waals surface area contributed by atoms with E-state index in [1.165, 1.54) is 0 Å². The van der Waals surface area contributed by atoms with Gasteiger partial charge in [-0.05, 0) is 30.2 Å². The molecule has 2 heterocycles. The van der Waals surface area contributed by atoms with Crippen LogP contribution in [0.25, 0.3) is 0 Å². The largest absolute Gasteiger partial charge is 0.416 e. The Hall–Kier alpha value is -1.89. The normalized spacial score (nSPS) is 17.9. The summed E-state index contributed by atoms with van der Waals surface area (Å²) in [6.45, 7) is 4.37. The van der Waals surface area contributed by atoms with Crippen molar-refractivity contribution in [2.24, 2.45) is 4.99 Å². The van der Waals surface area contributed by atoms with Gasteiger partial charge in [-0.1, -0.05) is 0 Å². The van der Waals surface area contributed by atoms with Gasteiger partial charge in [-0.2, -0.15) is 13.2 Å². The highest BCUT2D eigenvalue weighted by atomic mass is 19.4. The molecule has 0 spiro atoms. The van der Waals surface area contributed by atoms with Gasteiger partial charge in [0.25, 0.3) is 0 Å². The summed E-state index contributed by atoms with van der Waals surface area (Å²) >= 11 is 0. The lowest BCUT2D eigenvalue weighted by atomic mass is 9.99. The molecule has 1 N–H and O–H groups in total. The molecule has 0 unspecified atom stereocenters. The predicted molar refractivity (Wildman–Crippen MR) is 81.0 cm³/mol. The van der Waals surface area contributed by atoms with Crippen molar-refractivity contribution in [3.63, 3.8) is 0 Å². The van der Waals surface area contributed by atoms with Gasteiger partial charge in [0.05, 0.1) is 17.7 Å². The van der Waals surface area contributed by atoms with Gasteiger partial charge in [-0.15, -0.1) is 0 Å². The Bertz CT molecular complexity index is 661. The lowest BCUT2D eigenvalue weighted by Crippen LogP contribution is -2.46. The number of carbonyl (C=O) groups is 1. The zero-order valence-corrected chi connectivity index (χ0v) is 12.8. The number of carbonyl (C=O) groups excluding carboxylic acids is 1. The van der Waals surface area contributed by atoms with Crippen molar-refractivity contribution >= 4 is 17.3 Å². The quantitative estimate of drug-likeness (QED) is 0.908. The van der Waals surface area contributed by atoms with E-state index >= 15 is 0 Å². The Balaban J connectivity index is 1.77. The number of halogens is 3. The van der Waals surface area contributed by atoms with Crippen LogP contribution < -0.4 is 5.32 Å². The molecule has 3 rings (SSSR count). The lowest BCUT2D eigenvalue weighted by Gasteiger charge is -2.27. The van der Waals surface area contributed by atoms with Crippen LogP contribution in [0, 0.1) is 6.92 Å². The van der Waals surface area contributed by atoms with Crippen LogP contribution in [-0.4, -0.2) is 42.7 Å².